The number of amides is 1. The number of nitrogens with one attached hydrogen (secondary N) is 1. The van der Waals surface area contributed by atoms with Crippen LogP contribution in [0.5, 0.6) is 0 Å². The molecular weight excluding hydrogens is 432 g/mol. The number of oxazole rings is 1. The molecule has 1 N–H and O–H groups in total. The van der Waals surface area contributed by atoms with Crippen molar-refractivity contribution >= 4 is 45.1 Å². The SMILES string of the molecule is CC[C@@H](C)c1ccc2oc(-c3ccc(NC(=O)c4cccc5c(Cl)cccc45)cc3)nc2c1. The van der Waals surface area contributed by atoms with Crippen molar-refractivity contribution in [2.75, 3.05) is 5.32 Å². The van der Waals surface area contributed by atoms with E-state index in [1.165, 1.54) is 5.56 Å². The Balaban J connectivity index is 1.38. The minimum atomic E-state index is -0.185. The second-order valence-corrected chi connectivity index (χ2v) is 8.63. The molecule has 1 heterocycles. The first-order chi connectivity index (χ1) is 16.0. The molecule has 1 amide bonds. The zero-order chi connectivity index (χ0) is 22.9. The predicted molar refractivity (Wildman–Crippen MR) is 135 cm³/mol. The zero-order valence-electron chi connectivity index (χ0n) is 18.4. The highest BCUT2D eigenvalue weighted by Gasteiger charge is 2.13. The third kappa shape index (κ3) is 4.10. The van der Waals surface area contributed by atoms with Crippen LogP contribution in [0.15, 0.2) is 83.3 Å². The maximum Gasteiger partial charge on any atom is 0.256 e. The van der Waals surface area contributed by atoms with Crippen molar-refractivity contribution in [2.45, 2.75) is 26.2 Å². The number of fused-ring (bicyclic) bond motifs is 2. The summed E-state index contributed by atoms with van der Waals surface area (Å²) < 4.78 is 5.96. The first kappa shape index (κ1) is 21.2. The Hall–Kier alpha value is -3.63. The summed E-state index contributed by atoms with van der Waals surface area (Å²) >= 11 is 6.28. The van der Waals surface area contributed by atoms with Gasteiger partial charge in [-0.1, -0.05) is 55.8 Å². The number of nitrogens with zero attached hydrogens (tertiary/aromatic N) is 1. The summed E-state index contributed by atoms with van der Waals surface area (Å²) in [4.78, 5) is 17.6. The molecule has 0 spiro atoms. The topological polar surface area (TPSA) is 55.1 Å². The average Bonchev–Trinajstić information content (AvgIpc) is 3.27. The van der Waals surface area contributed by atoms with Gasteiger partial charge < -0.3 is 9.73 Å². The molecule has 164 valence electrons. The van der Waals surface area contributed by atoms with Crippen molar-refractivity contribution in [3.05, 3.63) is 95.0 Å². The van der Waals surface area contributed by atoms with Gasteiger partial charge in [-0.15, -0.1) is 0 Å². The van der Waals surface area contributed by atoms with E-state index in [4.69, 9.17) is 16.0 Å². The molecule has 0 aliphatic carbocycles. The number of aromatic nitrogens is 1. The fourth-order valence-electron chi connectivity index (χ4n) is 3.97. The van der Waals surface area contributed by atoms with Crippen LogP contribution in [0.3, 0.4) is 0 Å². The number of rotatable bonds is 5. The molecule has 5 heteroatoms. The Morgan fingerprint density at radius 1 is 1.00 bits per heavy atom. The van der Waals surface area contributed by atoms with Crippen LogP contribution in [0, 0.1) is 0 Å². The van der Waals surface area contributed by atoms with Crippen LogP contribution in [-0.4, -0.2) is 10.9 Å². The first-order valence-electron chi connectivity index (χ1n) is 11.0. The molecular formula is C28H23ClN2O2. The van der Waals surface area contributed by atoms with Crippen molar-refractivity contribution in [3.8, 4) is 11.5 Å². The molecule has 0 aliphatic rings. The monoisotopic (exact) mass is 454 g/mol. The second-order valence-electron chi connectivity index (χ2n) is 8.23. The van der Waals surface area contributed by atoms with Crippen molar-refractivity contribution < 1.29 is 9.21 Å². The quantitative estimate of drug-likeness (QED) is 0.292. The fourth-order valence-corrected chi connectivity index (χ4v) is 4.21. The second kappa shape index (κ2) is 8.72. The standard InChI is InChI=1S/C28H23ClN2O2/c1-3-17(2)19-12-15-26-25(16-19)31-28(33-26)18-10-13-20(14-11-18)30-27(32)23-8-4-7-22-21(23)6-5-9-24(22)29/h4-17H,3H2,1-2H3,(H,30,32)/t17-/m1/s1. The molecule has 5 rings (SSSR count). The van der Waals surface area contributed by atoms with E-state index in [0.29, 0.717) is 28.1 Å². The van der Waals surface area contributed by atoms with Gasteiger partial charge in [0.25, 0.3) is 5.91 Å². The molecule has 1 atom stereocenters. The van der Waals surface area contributed by atoms with Crippen LogP contribution in [0.1, 0.15) is 42.1 Å². The molecule has 0 aliphatic heterocycles. The normalized spacial score (nSPS) is 12.2. The third-order valence-electron chi connectivity index (χ3n) is 6.10. The first-order valence-corrected chi connectivity index (χ1v) is 11.4. The van der Waals surface area contributed by atoms with Gasteiger partial charge in [-0.05, 0) is 71.8 Å². The highest BCUT2D eigenvalue weighted by Crippen LogP contribution is 2.29. The Kier molecular flexibility index (Phi) is 5.61. The summed E-state index contributed by atoms with van der Waals surface area (Å²) in [6.45, 7) is 4.39. The van der Waals surface area contributed by atoms with Gasteiger partial charge in [0.2, 0.25) is 5.89 Å². The van der Waals surface area contributed by atoms with Crippen LogP contribution < -0.4 is 5.32 Å². The van der Waals surface area contributed by atoms with E-state index in [9.17, 15) is 4.79 Å². The molecule has 0 radical (unpaired) electrons. The number of carbonyl (C=O) groups excluding carboxylic acids is 1. The van der Waals surface area contributed by atoms with E-state index in [2.05, 4.69) is 36.3 Å². The minimum Gasteiger partial charge on any atom is -0.436 e. The lowest BCUT2D eigenvalue weighted by Crippen LogP contribution is -2.12. The molecule has 0 saturated heterocycles. The summed E-state index contributed by atoms with van der Waals surface area (Å²) in [5.41, 5.74) is 5.01. The van der Waals surface area contributed by atoms with E-state index in [1.807, 2.05) is 60.7 Å². The van der Waals surface area contributed by atoms with Crippen molar-refractivity contribution in [1.29, 1.82) is 0 Å². The fraction of sp³-hybridized carbons (Fsp3) is 0.143. The summed E-state index contributed by atoms with van der Waals surface area (Å²) in [6, 6.07) is 24.8. The maximum absolute atomic E-state index is 12.9. The number of anilines is 1. The summed E-state index contributed by atoms with van der Waals surface area (Å²) in [7, 11) is 0. The molecule has 0 unspecified atom stereocenters. The zero-order valence-corrected chi connectivity index (χ0v) is 19.2. The summed E-state index contributed by atoms with van der Waals surface area (Å²) in [5, 5.41) is 5.27. The van der Waals surface area contributed by atoms with Gasteiger partial charge >= 0.3 is 0 Å². The van der Waals surface area contributed by atoms with Gasteiger partial charge in [-0.2, -0.15) is 0 Å². The Bertz CT molecular complexity index is 1470. The van der Waals surface area contributed by atoms with Crippen LogP contribution in [0.4, 0.5) is 5.69 Å². The largest absolute Gasteiger partial charge is 0.436 e. The molecule has 33 heavy (non-hydrogen) atoms. The minimum absolute atomic E-state index is 0.185. The van der Waals surface area contributed by atoms with Crippen LogP contribution in [0.2, 0.25) is 5.02 Å². The van der Waals surface area contributed by atoms with Crippen LogP contribution >= 0.6 is 11.6 Å². The van der Waals surface area contributed by atoms with Gasteiger partial charge in [0.05, 0.1) is 0 Å². The number of carbonyl (C=O) groups is 1. The maximum atomic E-state index is 12.9. The highest BCUT2D eigenvalue weighted by atomic mass is 35.5. The Morgan fingerprint density at radius 3 is 2.55 bits per heavy atom. The Labute approximate surface area is 197 Å². The molecule has 5 aromatic rings. The number of benzene rings is 4. The number of hydrogen-bond donors (Lipinski definition) is 1. The summed E-state index contributed by atoms with van der Waals surface area (Å²) in [6.07, 6.45) is 1.08. The van der Waals surface area contributed by atoms with Gasteiger partial charge in [-0.3, -0.25) is 4.79 Å². The van der Waals surface area contributed by atoms with E-state index >= 15 is 0 Å². The smallest absolute Gasteiger partial charge is 0.256 e. The van der Waals surface area contributed by atoms with E-state index in [-0.39, 0.29) is 5.91 Å². The van der Waals surface area contributed by atoms with Crippen molar-refractivity contribution in [2.24, 2.45) is 0 Å². The van der Waals surface area contributed by atoms with Crippen LogP contribution in [0.25, 0.3) is 33.3 Å². The molecule has 0 saturated carbocycles. The third-order valence-corrected chi connectivity index (χ3v) is 6.43. The lowest BCUT2D eigenvalue weighted by molar-refractivity contribution is 0.102. The van der Waals surface area contributed by atoms with Gasteiger partial charge in [0.15, 0.2) is 5.58 Å². The van der Waals surface area contributed by atoms with Gasteiger partial charge in [-0.25, -0.2) is 4.98 Å². The molecule has 1 aromatic heterocycles. The van der Waals surface area contributed by atoms with E-state index < -0.39 is 0 Å². The van der Waals surface area contributed by atoms with Crippen molar-refractivity contribution in [3.63, 3.8) is 0 Å². The lowest BCUT2D eigenvalue weighted by Gasteiger charge is -2.09. The van der Waals surface area contributed by atoms with Crippen LogP contribution in [-0.2, 0) is 0 Å². The Morgan fingerprint density at radius 2 is 1.76 bits per heavy atom. The average molecular weight is 455 g/mol. The molecule has 0 fully saturated rings. The van der Waals surface area contributed by atoms with Gasteiger partial charge in [0.1, 0.15) is 5.52 Å². The number of hydrogen-bond acceptors (Lipinski definition) is 3. The molecule has 4 aromatic carbocycles. The predicted octanol–water partition coefficient (Wildman–Crippen LogP) is 8.07. The highest BCUT2D eigenvalue weighted by molar-refractivity contribution is 6.36. The molecule has 0 bridgehead atoms. The number of halogens is 1. The van der Waals surface area contributed by atoms with Gasteiger partial charge in [0, 0.05) is 27.2 Å². The van der Waals surface area contributed by atoms with E-state index in [1.54, 1.807) is 6.07 Å². The summed E-state index contributed by atoms with van der Waals surface area (Å²) in [5.74, 6) is 0.859. The van der Waals surface area contributed by atoms with E-state index in [0.717, 1.165) is 33.9 Å². The molecule has 4 nitrogen and oxygen atoms in total. The van der Waals surface area contributed by atoms with Crippen molar-refractivity contribution in [1.82, 2.24) is 4.98 Å². The lowest BCUT2D eigenvalue weighted by atomic mass is 9.98.